The van der Waals surface area contributed by atoms with Crippen LogP contribution >= 0.6 is 0 Å². The number of hydrogen-bond donors (Lipinski definition) is 0. The first-order valence-electron chi connectivity index (χ1n) is 10.5. The molecule has 32 heavy (non-hydrogen) atoms. The van der Waals surface area contributed by atoms with Crippen LogP contribution in [0.5, 0.6) is 0 Å². The zero-order valence-corrected chi connectivity index (χ0v) is 18.5. The number of benzene rings is 2. The highest BCUT2D eigenvalue weighted by molar-refractivity contribution is 7.91. The molecular formula is C23H24FN3O4S. The number of amides is 1. The highest BCUT2D eigenvalue weighted by Gasteiger charge is 2.25. The fourth-order valence-electron chi connectivity index (χ4n) is 3.71. The minimum Gasteiger partial charge on any atom is -0.368 e. The van der Waals surface area contributed by atoms with Crippen LogP contribution in [0.25, 0.3) is 11.3 Å². The zero-order valence-electron chi connectivity index (χ0n) is 17.7. The number of sulfone groups is 1. The molecule has 168 valence electrons. The predicted octanol–water partition coefficient (Wildman–Crippen LogP) is 3.63. The van der Waals surface area contributed by atoms with E-state index < -0.39 is 9.84 Å². The minimum atomic E-state index is -3.29. The van der Waals surface area contributed by atoms with Gasteiger partial charge in [0.2, 0.25) is 0 Å². The van der Waals surface area contributed by atoms with Crippen LogP contribution in [0, 0.1) is 5.82 Å². The molecule has 1 aromatic heterocycles. The molecule has 1 amide bonds. The normalized spacial score (nSPS) is 14.6. The molecule has 9 heteroatoms. The van der Waals surface area contributed by atoms with Crippen LogP contribution in [0.2, 0.25) is 0 Å². The molecule has 1 aliphatic rings. The smallest absolute Gasteiger partial charge is 0.276 e. The van der Waals surface area contributed by atoms with Gasteiger partial charge in [0.25, 0.3) is 5.91 Å². The van der Waals surface area contributed by atoms with E-state index in [1.807, 2.05) is 6.92 Å². The van der Waals surface area contributed by atoms with Gasteiger partial charge in [-0.05, 0) is 55.0 Å². The second-order valence-corrected chi connectivity index (χ2v) is 9.78. The molecule has 1 fully saturated rings. The van der Waals surface area contributed by atoms with Crippen molar-refractivity contribution in [3.05, 3.63) is 66.1 Å². The van der Waals surface area contributed by atoms with Crippen LogP contribution in [-0.4, -0.2) is 56.3 Å². The van der Waals surface area contributed by atoms with Crippen molar-refractivity contribution in [3.8, 4) is 11.3 Å². The Morgan fingerprint density at radius 3 is 2.31 bits per heavy atom. The van der Waals surface area contributed by atoms with Gasteiger partial charge in [0.1, 0.15) is 5.82 Å². The second-order valence-electron chi connectivity index (χ2n) is 7.68. The summed E-state index contributed by atoms with van der Waals surface area (Å²) in [5, 5.41) is 3.92. The molecule has 0 spiro atoms. The Balaban J connectivity index is 1.40. The first kappa shape index (κ1) is 22.0. The summed E-state index contributed by atoms with van der Waals surface area (Å²) in [4.78, 5) is 16.9. The van der Waals surface area contributed by atoms with Crippen LogP contribution in [0.3, 0.4) is 0 Å². The molecule has 2 heterocycles. The molecule has 1 saturated heterocycles. The van der Waals surface area contributed by atoms with E-state index in [0.29, 0.717) is 43.9 Å². The molecule has 3 aromatic rings. The lowest BCUT2D eigenvalue weighted by atomic mass is 10.1. The molecule has 4 rings (SSSR count). The van der Waals surface area contributed by atoms with E-state index >= 15 is 0 Å². The SMILES string of the molecule is CCCS(=O)(=O)c1ccc(-c2cc(C(=O)N3CCN(c4ccc(F)cc4)CC3)no2)cc1. The molecule has 0 N–H and O–H groups in total. The van der Waals surface area contributed by atoms with Gasteiger partial charge in [0.15, 0.2) is 21.3 Å². The molecular weight excluding hydrogens is 433 g/mol. The van der Waals surface area contributed by atoms with E-state index in [-0.39, 0.29) is 28.1 Å². The number of carbonyl (C=O) groups is 1. The molecule has 0 atom stereocenters. The largest absolute Gasteiger partial charge is 0.368 e. The van der Waals surface area contributed by atoms with Crippen molar-refractivity contribution in [1.82, 2.24) is 10.1 Å². The molecule has 0 radical (unpaired) electrons. The van der Waals surface area contributed by atoms with Crippen LogP contribution in [0.4, 0.5) is 10.1 Å². The Labute approximate surface area is 186 Å². The first-order chi connectivity index (χ1) is 15.4. The highest BCUT2D eigenvalue weighted by Crippen LogP contribution is 2.24. The van der Waals surface area contributed by atoms with Crippen molar-refractivity contribution in [2.24, 2.45) is 0 Å². The maximum atomic E-state index is 13.1. The lowest BCUT2D eigenvalue weighted by Crippen LogP contribution is -2.48. The summed E-state index contributed by atoms with van der Waals surface area (Å²) < 4.78 is 42.8. The van der Waals surface area contributed by atoms with Gasteiger partial charge in [-0.3, -0.25) is 4.79 Å². The maximum absolute atomic E-state index is 13.1. The Kier molecular flexibility index (Phi) is 6.27. The summed E-state index contributed by atoms with van der Waals surface area (Å²) >= 11 is 0. The highest BCUT2D eigenvalue weighted by atomic mass is 32.2. The van der Waals surface area contributed by atoms with Gasteiger partial charge in [-0.25, -0.2) is 12.8 Å². The number of rotatable bonds is 6. The van der Waals surface area contributed by atoms with Crippen molar-refractivity contribution in [2.45, 2.75) is 18.2 Å². The minimum absolute atomic E-state index is 0.0989. The number of aromatic nitrogens is 1. The summed E-state index contributed by atoms with van der Waals surface area (Å²) in [6, 6.07) is 14.3. The van der Waals surface area contributed by atoms with Gasteiger partial charge >= 0.3 is 0 Å². The number of nitrogens with zero attached hydrogens (tertiary/aromatic N) is 3. The van der Waals surface area contributed by atoms with Crippen molar-refractivity contribution in [3.63, 3.8) is 0 Å². The third-order valence-corrected chi connectivity index (χ3v) is 7.39. The molecule has 2 aromatic carbocycles. The number of piperazine rings is 1. The van der Waals surface area contributed by atoms with Crippen molar-refractivity contribution >= 4 is 21.4 Å². The van der Waals surface area contributed by atoms with Gasteiger partial charge in [0.05, 0.1) is 10.6 Å². The molecule has 0 saturated carbocycles. The monoisotopic (exact) mass is 457 g/mol. The second kappa shape index (κ2) is 9.12. The summed E-state index contributed by atoms with van der Waals surface area (Å²) in [5.41, 5.74) is 1.78. The van der Waals surface area contributed by atoms with E-state index in [9.17, 15) is 17.6 Å². The maximum Gasteiger partial charge on any atom is 0.276 e. The molecule has 0 aliphatic carbocycles. The fraction of sp³-hybridized carbons (Fsp3) is 0.304. The van der Waals surface area contributed by atoms with Gasteiger partial charge in [-0.15, -0.1) is 0 Å². The van der Waals surface area contributed by atoms with Crippen LogP contribution < -0.4 is 4.90 Å². The van der Waals surface area contributed by atoms with E-state index in [2.05, 4.69) is 10.1 Å². The summed E-state index contributed by atoms with van der Waals surface area (Å²) in [6.07, 6.45) is 0.551. The van der Waals surface area contributed by atoms with Crippen LogP contribution in [0.15, 0.2) is 64.0 Å². The number of carbonyl (C=O) groups excluding carboxylic acids is 1. The Morgan fingerprint density at radius 1 is 1.03 bits per heavy atom. The lowest BCUT2D eigenvalue weighted by Gasteiger charge is -2.35. The van der Waals surface area contributed by atoms with Gasteiger partial charge in [-0.2, -0.15) is 0 Å². The number of halogens is 1. The van der Waals surface area contributed by atoms with Crippen LogP contribution in [-0.2, 0) is 9.84 Å². The van der Waals surface area contributed by atoms with E-state index in [4.69, 9.17) is 4.52 Å². The van der Waals surface area contributed by atoms with Crippen molar-refractivity contribution in [2.75, 3.05) is 36.8 Å². The first-order valence-corrected chi connectivity index (χ1v) is 12.1. The van der Waals surface area contributed by atoms with Crippen molar-refractivity contribution < 1.29 is 22.1 Å². The predicted molar refractivity (Wildman–Crippen MR) is 119 cm³/mol. The summed E-state index contributed by atoms with van der Waals surface area (Å²) in [5.74, 6) is 0.00196. The van der Waals surface area contributed by atoms with E-state index in [1.54, 1.807) is 47.4 Å². The summed E-state index contributed by atoms with van der Waals surface area (Å²) in [6.45, 7) is 4.12. The van der Waals surface area contributed by atoms with Gasteiger partial charge in [0, 0.05) is 43.5 Å². The zero-order chi connectivity index (χ0) is 22.7. The Hall–Kier alpha value is -3.20. The fourth-order valence-corrected chi connectivity index (χ4v) is 5.03. The molecule has 0 bridgehead atoms. The Bertz CT molecular complexity index is 1180. The van der Waals surface area contributed by atoms with Gasteiger partial charge < -0.3 is 14.3 Å². The average molecular weight is 458 g/mol. The number of hydrogen-bond acceptors (Lipinski definition) is 6. The van der Waals surface area contributed by atoms with Crippen molar-refractivity contribution in [1.29, 1.82) is 0 Å². The third-order valence-electron chi connectivity index (χ3n) is 5.46. The standard InChI is InChI=1S/C23H24FN3O4S/c1-2-15-32(29,30)20-9-3-17(4-10-20)22-16-21(25-31-22)23(28)27-13-11-26(12-14-27)19-7-5-18(24)6-8-19/h3-10,16H,2,11-15H2,1H3. The average Bonchev–Trinajstić information content (AvgIpc) is 3.30. The van der Waals surface area contributed by atoms with E-state index in [0.717, 1.165) is 5.69 Å². The molecule has 0 unspecified atom stereocenters. The van der Waals surface area contributed by atoms with E-state index in [1.165, 1.54) is 12.1 Å². The Morgan fingerprint density at radius 2 is 1.69 bits per heavy atom. The quantitative estimate of drug-likeness (QED) is 0.562. The topological polar surface area (TPSA) is 83.7 Å². The molecule has 7 nitrogen and oxygen atoms in total. The number of anilines is 1. The summed E-state index contributed by atoms with van der Waals surface area (Å²) in [7, 11) is -3.29. The molecule has 1 aliphatic heterocycles. The third kappa shape index (κ3) is 4.67. The van der Waals surface area contributed by atoms with Crippen LogP contribution in [0.1, 0.15) is 23.8 Å². The van der Waals surface area contributed by atoms with Gasteiger partial charge in [-0.1, -0.05) is 12.1 Å². The lowest BCUT2D eigenvalue weighted by molar-refractivity contribution is 0.0736.